The Bertz CT molecular complexity index is 934. The van der Waals surface area contributed by atoms with Gasteiger partial charge in [-0.25, -0.2) is 12.8 Å². The van der Waals surface area contributed by atoms with Gasteiger partial charge >= 0.3 is 0 Å². The fourth-order valence-electron chi connectivity index (χ4n) is 2.00. The van der Waals surface area contributed by atoms with Gasteiger partial charge in [-0.1, -0.05) is 25.4 Å². The summed E-state index contributed by atoms with van der Waals surface area (Å²) in [6, 6.07) is 7.98. The first-order chi connectivity index (χ1) is 12.1. The van der Waals surface area contributed by atoms with Crippen molar-refractivity contribution in [3.05, 3.63) is 47.2 Å². The van der Waals surface area contributed by atoms with Crippen LogP contribution in [0, 0.1) is 11.7 Å². The Morgan fingerprint density at radius 3 is 2.46 bits per heavy atom. The van der Waals surface area contributed by atoms with E-state index in [0.29, 0.717) is 5.69 Å². The molecule has 0 fully saturated rings. The Kier molecular flexibility index (Phi) is 6.54. The van der Waals surface area contributed by atoms with Crippen molar-refractivity contribution in [3.63, 3.8) is 0 Å². The molecule has 5 nitrogen and oxygen atoms in total. The smallest absolute Gasteiger partial charge is 0.261 e. The topological polar surface area (TPSA) is 75.3 Å². The summed E-state index contributed by atoms with van der Waals surface area (Å²) in [5.74, 6) is -1.10. The van der Waals surface area contributed by atoms with Crippen molar-refractivity contribution in [2.24, 2.45) is 5.92 Å². The molecule has 2 N–H and O–H groups in total. The third kappa shape index (κ3) is 4.90. The summed E-state index contributed by atoms with van der Waals surface area (Å²) >= 11 is 7.07. The summed E-state index contributed by atoms with van der Waals surface area (Å²) in [7, 11) is -3.94. The highest BCUT2D eigenvalue weighted by Crippen LogP contribution is 2.30. The summed E-state index contributed by atoms with van der Waals surface area (Å²) < 4.78 is 40.8. The minimum Gasteiger partial charge on any atom is -0.325 e. The fraction of sp³-hybridized carbons (Fsp3) is 0.235. The first kappa shape index (κ1) is 20.5. The van der Waals surface area contributed by atoms with E-state index in [4.69, 9.17) is 11.6 Å². The van der Waals surface area contributed by atoms with Gasteiger partial charge in [-0.2, -0.15) is 0 Å². The first-order valence-corrected chi connectivity index (χ1v) is 10.7. The van der Waals surface area contributed by atoms with Crippen LogP contribution in [0.25, 0.3) is 0 Å². The van der Waals surface area contributed by atoms with Crippen LogP contribution >= 0.6 is 23.4 Å². The lowest BCUT2D eigenvalue weighted by Gasteiger charge is -2.14. The van der Waals surface area contributed by atoms with Crippen molar-refractivity contribution >= 4 is 50.7 Å². The molecule has 9 heteroatoms. The maximum Gasteiger partial charge on any atom is 0.261 e. The SMILES string of the molecule is CSc1ccc(S(=O)(=O)Nc2ccc(F)c(Cl)c2)cc1NC(=O)C(C)C. The van der Waals surface area contributed by atoms with E-state index in [-0.39, 0.29) is 27.4 Å². The molecule has 0 aromatic heterocycles. The van der Waals surface area contributed by atoms with E-state index in [1.54, 1.807) is 19.9 Å². The average molecular weight is 417 g/mol. The van der Waals surface area contributed by atoms with E-state index >= 15 is 0 Å². The lowest BCUT2D eigenvalue weighted by Crippen LogP contribution is -2.19. The first-order valence-electron chi connectivity index (χ1n) is 7.61. The molecule has 0 saturated carbocycles. The maximum atomic E-state index is 13.2. The number of carbonyl (C=O) groups excluding carboxylic acids is 1. The second-order valence-electron chi connectivity index (χ2n) is 5.74. The predicted molar refractivity (Wildman–Crippen MR) is 104 cm³/mol. The monoisotopic (exact) mass is 416 g/mol. The molecule has 0 heterocycles. The van der Waals surface area contributed by atoms with Crippen molar-refractivity contribution in [2.45, 2.75) is 23.6 Å². The van der Waals surface area contributed by atoms with Crippen LogP contribution in [0.2, 0.25) is 5.02 Å². The molecule has 2 rings (SSSR count). The van der Waals surface area contributed by atoms with Crippen LogP contribution < -0.4 is 10.0 Å². The summed E-state index contributed by atoms with van der Waals surface area (Å²) in [5, 5.41) is 2.54. The minimum atomic E-state index is -3.94. The lowest BCUT2D eigenvalue weighted by molar-refractivity contribution is -0.118. The van der Waals surface area contributed by atoms with E-state index in [1.165, 1.54) is 36.0 Å². The normalized spacial score (nSPS) is 11.5. The van der Waals surface area contributed by atoms with E-state index in [9.17, 15) is 17.6 Å². The van der Waals surface area contributed by atoms with Crippen LogP contribution in [-0.2, 0) is 14.8 Å². The second kappa shape index (κ2) is 8.28. The number of hydrogen-bond acceptors (Lipinski definition) is 4. The van der Waals surface area contributed by atoms with E-state index in [2.05, 4.69) is 10.0 Å². The molecular formula is C17H18ClFN2O3S2. The Labute approximate surface area is 161 Å². The molecule has 0 unspecified atom stereocenters. The van der Waals surface area contributed by atoms with E-state index in [0.717, 1.165) is 11.0 Å². The van der Waals surface area contributed by atoms with Crippen LogP contribution in [0.5, 0.6) is 0 Å². The highest BCUT2D eigenvalue weighted by Gasteiger charge is 2.18. The number of carbonyl (C=O) groups is 1. The van der Waals surface area contributed by atoms with Crippen LogP contribution in [0.15, 0.2) is 46.2 Å². The molecule has 0 saturated heterocycles. The van der Waals surface area contributed by atoms with Gasteiger partial charge in [-0.3, -0.25) is 9.52 Å². The molecule has 0 radical (unpaired) electrons. The molecule has 2 aromatic rings. The second-order valence-corrected chi connectivity index (χ2v) is 8.68. The van der Waals surface area contributed by atoms with Gasteiger partial charge in [-0.05, 0) is 42.7 Å². The number of amides is 1. The molecule has 0 aliphatic rings. The lowest BCUT2D eigenvalue weighted by atomic mass is 10.2. The van der Waals surface area contributed by atoms with Crippen LogP contribution in [0.4, 0.5) is 15.8 Å². The molecule has 0 spiro atoms. The molecule has 140 valence electrons. The van der Waals surface area contributed by atoms with Crippen LogP contribution in [-0.4, -0.2) is 20.6 Å². The summed E-state index contributed by atoms with van der Waals surface area (Å²) in [5.41, 5.74) is 0.550. The number of benzene rings is 2. The predicted octanol–water partition coefficient (Wildman–Crippen LogP) is 4.60. The van der Waals surface area contributed by atoms with Crippen molar-refractivity contribution < 1.29 is 17.6 Å². The zero-order valence-electron chi connectivity index (χ0n) is 14.3. The van der Waals surface area contributed by atoms with Gasteiger partial charge < -0.3 is 5.32 Å². The van der Waals surface area contributed by atoms with E-state index in [1.807, 2.05) is 6.26 Å². The standard InChI is InChI=1S/C17H18ClFN2O3S2/c1-10(2)17(22)20-15-9-12(5-7-16(15)25-3)26(23,24)21-11-4-6-14(19)13(18)8-11/h4-10,21H,1-3H3,(H,20,22). The molecule has 0 bridgehead atoms. The van der Waals surface area contributed by atoms with Gasteiger partial charge in [0.1, 0.15) is 5.82 Å². The van der Waals surface area contributed by atoms with E-state index < -0.39 is 15.8 Å². The largest absolute Gasteiger partial charge is 0.325 e. The Morgan fingerprint density at radius 2 is 1.88 bits per heavy atom. The Hall–Kier alpha value is -1.77. The number of anilines is 2. The van der Waals surface area contributed by atoms with Gasteiger partial charge in [0.25, 0.3) is 10.0 Å². The highest BCUT2D eigenvalue weighted by atomic mass is 35.5. The summed E-state index contributed by atoms with van der Waals surface area (Å²) in [6.07, 6.45) is 1.83. The maximum absolute atomic E-state index is 13.2. The van der Waals surface area contributed by atoms with Gasteiger partial charge in [0.15, 0.2) is 0 Å². The number of thioether (sulfide) groups is 1. The quantitative estimate of drug-likeness (QED) is 0.675. The third-order valence-corrected chi connectivity index (χ3v) is 5.90. The summed E-state index contributed by atoms with van der Waals surface area (Å²) in [6.45, 7) is 3.49. The number of nitrogens with one attached hydrogen (secondary N) is 2. The van der Waals surface area contributed by atoms with Crippen molar-refractivity contribution in [2.75, 3.05) is 16.3 Å². The molecular weight excluding hydrogens is 399 g/mol. The van der Waals surface area contributed by atoms with Crippen molar-refractivity contribution in [1.82, 2.24) is 0 Å². The van der Waals surface area contributed by atoms with Gasteiger partial charge in [0.05, 0.1) is 21.3 Å². The molecule has 0 atom stereocenters. The van der Waals surface area contributed by atoms with Crippen molar-refractivity contribution in [1.29, 1.82) is 0 Å². The van der Waals surface area contributed by atoms with Crippen LogP contribution in [0.3, 0.4) is 0 Å². The molecule has 0 aliphatic heterocycles. The zero-order chi connectivity index (χ0) is 19.5. The van der Waals surface area contributed by atoms with Gasteiger partial charge in [-0.15, -0.1) is 11.8 Å². The molecule has 2 aromatic carbocycles. The highest BCUT2D eigenvalue weighted by molar-refractivity contribution is 7.98. The minimum absolute atomic E-state index is 0.0326. The van der Waals surface area contributed by atoms with Crippen LogP contribution in [0.1, 0.15) is 13.8 Å². The van der Waals surface area contributed by atoms with Gasteiger partial charge in [0, 0.05) is 10.8 Å². The number of hydrogen-bond donors (Lipinski definition) is 2. The number of halogens is 2. The number of sulfonamides is 1. The molecule has 26 heavy (non-hydrogen) atoms. The van der Waals surface area contributed by atoms with Gasteiger partial charge in [0.2, 0.25) is 5.91 Å². The van der Waals surface area contributed by atoms with Crippen molar-refractivity contribution in [3.8, 4) is 0 Å². The zero-order valence-corrected chi connectivity index (χ0v) is 16.7. The molecule has 1 amide bonds. The fourth-order valence-corrected chi connectivity index (χ4v) is 3.79. The number of rotatable bonds is 6. The molecule has 0 aliphatic carbocycles. The Morgan fingerprint density at radius 1 is 1.19 bits per heavy atom. The Balaban J connectivity index is 2.36. The average Bonchev–Trinajstić information content (AvgIpc) is 2.57. The summed E-state index contributed by atoms with van der Waals surface area (Å²) in [4.78, 5) is 12.7. The third-order valence-electron chi connectivity index (χ3n) is 3.44.